The molecule has 96 valence electrons. The van der Waals surface area contributed by atoms with Crippen molar-refractivity contribution in [3.63, 3.8) is 0 Å². The van der Waals surface area contributed by atoms with Gasteiger partial charge in [0.05, 0.1) is 6.42 Å². The van der Waals surface area contributed by atoms with Crippen molar-refractivity contribution in [2.45, 2.75) is 25.3 Å². The largest absolute Gasteiger partial charge is 0.327 e. The fourth-order valence-electron chi connectivity index (χ4n) is 2.04. The second-order valence-corrected chi connectivity index (χ2v) is 4.94. The zero-order chi connectivity index (χ0) is 13.1. The number of halogens is 1. The van der Waals surface area contributed by atoms with Crippen LogP contribution in [0.5, 0.6) is 0 Å². The molecule has 1 aromatic rings. The zero-order valence-corrected chi connectivity index (χ0v) is 10.7. The fourth-order valence-corrected chi connectivity index (χ4v) is 2.25. The third-order valence-corrected chi connectivity index (χ3v) is 3.24. The average Bonchev–Trinajstić information content (AvgIpc) is 2.28. The molecule has 1 fully saturated rings. The lowest BCUT2D eigenvalue weighted by atomic mass is 10.0. The van der Waals surface area contributed by atoms with Gasteiger partial charge >= 0.3 is 0 Å². The van der Waals surface area contributed by atoms with Gasteiger partial charge in [-0.05, 0) is 24.1 Å². The Morgan fingerprint density at radius 2 is 2.28 bits per heavy atom. The highest BCUT2D eigenvalue weighted by Crippen LogP contribution is 2.15. The van der Waals surface area contributed by atoms with Gasteiger partial charge < -0.3 is 5.73 Å². The number of amides is 2. The summed E-state index contributed by atoms with van der Waals surface area (Å²) in [5, 5.41) is 0.590. The number of hydrogen-bond acceptors (Lipinski definition) is 3. The van der Waals surface area contributed by atoms with E-state index in [-0.39, 0.29) is 30.7 Å². The molecule has 0 aromatic heterocycles. The number of rotatable bonds is 2. The second kappa shape index (κ2) is 5.50. The number of nitrogens with two attached hydrogens (primary N) is 1. The van der Waals surface area contributed by atoms with Gasteiger partial charge in [0.15, 0.2) is 0 Å². The first-order valence-electron chi connectivity index (χ1n) is 5.89. The van der Waals surface area contributed by atoms with E-state index in [1.54, 1.807) is 18.2 Å². The van der Waals surface area contributed by atoms with Gasteiger partial charge in [-0.1, -0.05) is 23.7 Å². The summed E-state index contributed by atoms with van der Waals surface area (Å²) in [6.45, 7) is 0.416. The molecule has 2 N–H and O–H groups in total. The van der Waals surface area contributed by atoms with Gasteiger partial charge in [-0.25, -0.2) is 0 Å². The van der Waals surface area contributed by atoms with E-state index in [9.17, 15) is 9.59 Å². The number of carbonyl (C=O) groups excluding carboxylic acids is 2. The Hall–Kier alpha value is -1.39. The van der Waals surface area contributed by atoms with Crippen LogP contribution in [0, 0.1) is 0 Å². The highest BCUT2D eigenvalue weighted by Gasteiger charge is 2.27. The number of likely N-dealkylation sites (tertiary alicyclic amines) is 1. The van der Waals surface area contributed by atoms with Gasteiger partial charge in [-0.2, -0.15) is 0 Å². The van der Waals surface area contributed by atoms with Crippen LogP contribution in [0.4, 0.5) is 0 Å². The van der Waals surface area contributed by atoms with Gasteiger partial charge in [0.1, 0.15) is 0 Å². The first-order chi connectivity index (χ1) is 8.56. The third kappa shape index (κ3) is 3.09. The van der Waals surface area contributed by atoms with Gasteiger partial charge in [-0.15, -0.1) is 0 Å². The van der Waals surface area contributed by atoms with Crippen LogP contribution < -0.4 is 5.73 Å². The van der Waals surface area contributed by atoms with Crippen molar-refractivity contribution in [1.82, 2.24) is 4.90 Å². The molecule has 1 unspecified atom stereocenters. The Labute approximate surface area is 111 Å². The van der Waals surface area contributed by atoms with Crippen LogP contribution in [0.1, 0.15) is 18.4 Å². The summed E-state index contributed by atoms with van der Waals surface area (Å²) in [7, 11) is 0. The summed E-state index contributed by atoms with van der Waals surface area (Å²) in [6.07, 6.45) is 1.12. The minimum Gasteiger partial charge on any atom is -0.327 e. The van der Waals surface area contributed by atoms with Crippen molar-refractivity contribution in [2.24, 2.45) is 5.73 Å². The molecule has 0 spiro atoms. The van der Waals surface area contributed by atoms with E-state index >= 15 is 0 Å². The Kier molecular flexibility index (Phi) is 3.99. The highest BCUT2D eigenvalue weighted by molar-refractivity contribution is 6.30. The fraction of sp³-hybridized carbons (Fsp3) is 0.385. The summed E-state index contributed by atoms with van der Waals surface area (Å²) < 4.78 is 0. The van der Waals surface area contributed by atoms with Gasteiger partial charge in [0.2, 0.25) is 11.8 Å². The van der Waals surface area contributed by atoms with Crippen LogP contribution in [-0.2, 0) is 16.0 Å². The summed E-state index contributed by atoms with van der Waals surface area (Å²) in [5.74, 6) is -0.366. The molecule has 2 amide bonds. The normalized spacial score (nSPS) is 20.0. The van der Waals surface area contributed by atoms with Crippen LogP contribution in [0.15, 0.2) is 24.3 Å². The predicted octanol–water partition coefficient (Wildman–Crippen LogP) is 1.36. The maximum absolute atomic E-state index is 12.0. The van der Waals surface area contributed by atoms with Crippen molar-refractivity contribution < 1.29 is 9.59 Å². The Bertz CT molecular complexity index is 476. The van der Waals surface area contributed by atoms with Crippen molar-refractivity contribution in [1.29, 1.82) is 0 Å². The van der Waals surface area contributed by atoms with Gasteiger partial charge in [0.25, 0.3) is 0 Å². The molecular weight excluding hydrogens is 252 g/mol. The number of nitrogens with zero attached hydrogens (tertiary/aromatic N) is 1. The lowest BCUT2D eigenvalue weighted by Gasteiger charge is -2.28. The number of hydrogen-bond donors (Lipinski definition) is 1. The molecule has 0 aliphatic carbocycles. The topological polar surface area (TPSA) is 63.4 Å². The molecule has 1 aliphatic heterocycles. The standard InChI is InChI=1S/C13H15ClN2O2/c14-10-3-1-2-9(6-10)7-12(17)16-5-4-11(15)8-13(16)18/h1-3,6,11H,4-5,7-8,15H2. The molecule has 1 atom stereocenters. The summed E-state index contributed by atoms with van der Waals surface area (Å²) in [6, 6.07) is 6.98. The Morgan fingerprint density at radius 1 is 1.50 bits per heavy atom. The van der Waals surface area contributed by atoms with Crippen LogP contribution in [-0.4, -0.2) is 29.3 Å². The van der Waals surface area contributed by atoms with Crippen LogP contribution >= 0.6 is 11.6 Å². The van der Waals surface area contributed by atoms with E-state index in [0.29, 0.717) is 18.0 Å². The summed E-state index contributed by atoms with van der Waals surface area (Å²) >= 11 is 5.85. The maximum Gasteiger partial charge on any atom is 0.233 e. The second-order valence-electron chi connectivity index (χ2n) is 4.50. The SMILES string of the molecule is NC1CCN(C(=O)Cc2cccc(Cl)c2)C(=O)C1. The minimum atomic E-state index is -0.186. The maximum atomic E-state index is 12.0. The first-order valence-corrected chi connectivity index (χ1v) is 6.27. The molecule has 1 aliphatic rings. The summed E-state index contributed by atoms with van der Waals surface area (Å²) in [4.78, 5) is 25.0. The van der Waals surface area contributed by atoms with Crippen molar-refractivity contribution in [2.75, 3.05) is 6.54 Å². The van der Waals surface area contributed by atoms with Crippen molar-refractivity contribution in [3.8, 4) is 0 Å². The average molecular weight is 267 g/mol. The smallest absolute Gasteiger partial charge is 0.233 e. The third-order valence-electron chi connectivity index (χ3n) is 3.01. The molecule has 5 heteroatoms. The number of carbonyl (C=O) groups is 2. The number of piperidine rings is 1. The lowest BCUT2D eigenvalue weighted by molar-refractivity contribution is -0.146. The molecule has 0 bridgehead atoms. The molecule has 18 heavy (non-hydrogen) atoms. The Morgan fingerprint density at radius 3 is 2.94 bits per heavy atom. The van der Waals surface area contributed by atoms with E-state index in [0.717, 1.165) is 5.56 Å². The molecule has 1 heterocycles. The summed E-state index contributed by atoms with van der Waals surface area (Å²) in [5.41, 5.74) is 6.50. The molecule has 1 aromatic carbocycles. The number of benzene rings is 1. The molecular formula is C13H15ClN2O2. The van der Waals surface area contributed by atoms with Crippen LogP contribution in [0.2, 0.25) is 5.02 Å². The van der Waals surface area contributed by atoms with E-state index < -0.39 is 0 Å². The van der Waals surface area contributed by atoms with Gasteiger partial charge in [-0.3, -0.25) is 14.5 Å². The molecule has 0 radical (unpaired) electrons. The van der Waals surface area contributed by atoms with E-state index in [4.69, 9.17) is 17.3 Å². The van der Waals surface area contributed by atoms with E-state index in [1.165, 1.54) is 4.90 Å². The molecule has 0 saturated carbocycles. The highest BCUT2D eigenvalue weighted by atomic mass is 35.5. The van der Waals surface area contributed by atoms with Gasteiger partial charge in [0, 0.05) is 24.0 Å². The van der Waals surface area contributed by atoms with Crippen LogP contribution in [0.25, 0.3) is 0 Å². The van der Waals surface area contributed by atoms with E-state index in [1.807, 2.05) is 6.07 Å². The quantitative estimate of drug-likeness (QED) is 0.879. The molecule has 2 rings (SSSR count). The lowest BCUT2D eigenvalue weighted by Crippen LogP contribution is -2.47. The monoisotopic (exact) mass is 266 g/mol. The first kappa shape index (κ1) is 13.1. The van der Waals surface area contributed by atoms with E-state index in [2.05, 4.69) is 0 Å². The zero-order valence-electron chi connectivity index (χ0n) is 9.93. The molecule has 1 saturated heterocycles. The van der Waals surface area contributed by atoms with Crippen LogP contribution in [0.3, 0.4) is 0 Å². The Balaban J connectivity index is 2.02. The molecule has 4 nitrogen and oxygen atoms in total. The van der Waals surface area contributed by atoms with Crippen molar-refractivity contribution in [3.05, 3.63) is 34.9 Å². The van der Waals surface area contributed by atoms with Crippen molar-refractivity contribution >= 4 is 23.4 Å². The predicted molar refractivity (Wildman–Crippen MR) is 69.1 cm³/mol. The number of imide groups is 1. The minimum absolute atomic E-state index is 0.118.